The van der Waals surface area contributed by atoms with Crippen molar-refractivity contribution in [2.75, 3.05) is 19.0 Å². The topological polar surface area (TPSA) is 33.1 Å². The van der Waals surface area contributed by atoms with Crippen LogP contribution < -0.4 is 10.2 Å². The lowest BCUT2D eigenvalue weighted by molar-refractivity contribution is 0.574. The van der Waals surface area contributed by atoms with Gasteiger partial charge in [0.15, 0.2) is 0 Å². The van der Waals surface area contributed by atoms with Crippen molar-refractivity contribution in [3.8, 4) is 5.69 Å². The summed E-state index contributed by atoms with van der Waals surface area (Å²) in [6.45, 7) is 3.05. The number of hydrogen-bond acceptors (Lipinski definition) is 3. The van der Waals surface area contributed by atoms with Gasteiger partial charge in [-0.05, 0) is 42.3 Å². The van der Waals surface area contributed by atoms with Gasteiger partial charge in [-0.2, -0.15) is 0 Å². The molecule has 0 aliphatic rings. The molecule has 1 aromatic heterocycles. The van der Waals surface area contributed by atoms with Gasteiger partial charge in [-0.25, -0.2) is 4.98 Å². The van der Waals surface area contributed by atoms with E-state index in [1.165, 1.54) is 16.8 Å². The van der Waals surface area contributed by atoms with E-state index in [1.807, 2.05) is 17.1 Å². The first-order valence-electron chi connectivity index (χ1n) is 8.21. The van der Waals surface area contributed by atoms with Crippen LogP contribution in [0.4, 0.5) is 5.69 Å². The molecule has 1 unspecified atom stereocenters. The van der Waals surface area contributed by atoms with Crippen LogP contribution in [0.2, 0.25) is 0 Å². The van der Waals surface area contributed by atoms with Crippen LogP contribution in [0.15, 0.2) is 67.3 Å². The van der Waals surface area contributed by atoms with Gasteiger partial charge in [-0.3, -0.25) is 0 Å². The minimum atomic E-state index is 0.296. The van der Waals surface area contributed by atoms with Gasteiger partial charge in [0.25, 0.3) is 0 Å². The SMILES string of the molecule is CC(NCc1cccc(N(C)C)c1)c1ccc(-n2ccnc2)cc1. The van der Waals surface area contributed by atoms with Crippen molar-refractivity contribution in [1.29, 1.82) is 0 Å². The number of imidazole rings is 1. The van der Waals surface area contributed by atoms with Crippen molar-refractivity contribution >= 4 is 5.69 Å². The summed E-state index contributed by atoms with van der Waals surface area (Å²) >= 11 is 0. The second-order valence-corrected chi connectivity index (χ2v) is 6.23. The standard InChI is InChI=1S/C20H24N4/c1-16(22-14-17-5-4-6-20(13-17)23(2)3)18-7-9-19(10-8-18)24-12-11-21-15-24/h4-13,15-16,22H,14H2,1-3H3. The Bertz CT molecular complexity index is 761. The van der Waals surface area contributed by atoms with Crippen LogP contribution in [0.1, 0.15) is 24.1 Å². The highest BCUT2D eigenvalue weighted by Crippen LogP contribution is 2.18. The molecule has 1 N–H and O–H groups in total. The van der Waals surface area contributed by atoms with Crippen LogP contribution in [0.25, 0.3) is 5.69 Å². The number of benzene rings is 2. The van der Waals surface area contributed by atoms with Crippen molar-refractivity contribution in [2.45, 2.75) is 19.5 Å². The van der Waals surface area contributed by atoms with Gasteiger partial charge in [0.2, 0.25) is 0 Å². The normalized spacial score (nSPS) is 12.1. The van der Waals surface area contributed by atoms with Gasteiger partial charge >= 0.3 is 0 Å². The molecule has 0 aliphatic heterocycles. The van der Waals surface area contributed by atoms with Crippen LogP contribution in [0, 0.1) is 0 Å². The second kappa shape index (κ2) is 7.32. The summed E-state index contributed by atoms with van der Waals surface area (Å²) < 4.78 is 2.01. The molecule has 0 spiro atoms. The van der Waals surface area contributed by atoms with Crippen LogP contribution >= 0.6 is 0 Å². The van der Waals surface area contributed by atoms with E-state index in [0.29, 0.717) is 6.04 Å². The molecule has 0 aliphatic carbocycles. The molecule has 1 atom stereocenters. The zero-order chi connectivity index (χ0) is 16.9. The van der Waals surface area contributed by atoms with Gasteiger partial charge < -0.3 is 14.8 Å². The maximum Gasteiger partial charge on any atom is 0.0991 e. The third kappa shape index (κ3) is 3.84. The maximum absolute atomic E-state index is 4.09. The molecule has 124 valence electrons. The molecule has 0 fully saturated rings. The fourth-order valence-corrected chi connectivity index (χ4v) is 2.68. The predicted octanol–water partition coefficient (Wildman–Crippen LogP) is 3.79. The van der Waals surface area contributed by atoms with Crippen LogP contribution in [0.3, 0.4) is 0 Å². The molecule has 4 heteroatoms. The monoisotopic (exact) mass is 320 g/mol. The van der Waals surface area contributed by atoms with Crippen molar-refractivity contribution in [3.63, 3.8) is 0 Å². The van der Waals surface area contributed by atoms with Gasteiger partial charge in [-0.15, -0.1) is 0 Å². The lowest BCUT2D eigenvalue weighted by atomic mass is 10.1. The van der Waals surface area contributed by atoms with Gasteiger partial charge in [0, 0.05) is 50.5 Å². The Morgan fingerprint density at radius 2 is 1.92 bits per heavy atom. The largest absolute Gasteiger partial charge is 0.378 e. The van der Waals surface area contributed by atoms with Crippen molar-refractivity contribution < 1.29 is 0 Å². The van der Waals surface area contributed by atoms with Crippen LogP contribution in [-0.2, 0) is 6.54 Å². The first-order chi connectivity index (χ1) is 11.6. The smallest absolute Gasteiger partial charge is 0.0991 e. The molecular formula is C20H24N4. The molecular weight excluding hydrogens is 296 g/mol. The molecule has 0 saturated carbocycles. The number of aromatic nitrogens is 2. The molecule has 0 saturated heterocycles. The number of nitrogens with one attached hydrogen (secondary N) is 1. The molecule has 0 bridgehead atoms. The van der Waals surface area contributed by atoms with E-state index >= 15 is 0 Å². The van der Waals surface area contributed by atoms with Gasteiger partial charge in [0.05, 0.1) is 6.33 Å². The number of rotatable bonds is 6. The summed E-state index contributed by atoms with van der Waals surface area (Å²) in [7, 11) is 4.13. The average molecular weight is 320 g/mol. The summed E-state index contributed by atoms with van der Waals surface area (Å²) in [5.41, 5.74) is 4.93. The minimum Gasteiger partial charge on any atom is -0.378 e. The minimum absolute atomic E-state index is 0.296. The fourth-order valence-electron chi connectivity index (χ4n) is 2.68. The van der Waals surface area contributed by atoms with E-state index in [1.54, 1.807) is 6.20 Å². The average Bonchev–Trinajstić information content (AvgIpc) is 3.14. The predicted molar refractivity (Wildman–Crippen MR) is 99.6 cm³/mol. The highest BCUT2D eigenvalue weighted by molar-refractivity contribution is 5.47. The molecule has 4 nitrogen and oxygen atoms in total. The Labute approximate surface area is 143 Å². The van der Waals surface area contributed by atoms with Gasteiger partial charge in [-0.1, -0.05) is 24.3 Å². The number of anilines is 1. The highest BCUT2D eigenvalue weighted by atomic mass is 15.1. The fraction of sp³-hybridized carbons (Fsp3) is 0.250. The Balaban J connectivity index is 1.62. The third-order valence-electron chi connectivity index (χ3n) is 4.23. The van der Waals surface area contributed by atoms with E-state index in [4.69, 9.17) is 0 Å². The van der Waals surface area contributed by atoms with E-state index in [-0.39, 0.29) is 0 Å². The molecule has 3 aromatic rings. The van der Waals surface area contributed by atoms with E-state index in [0.717, 1.165) is 12.2 Å². The van der Waals surface area contributed by atoms with Crippen molar-refractivity contribution in [2.24, 2.45) is 0 Å². The van der Waals surface area contributed by atoms with Crippen LogP contribution in [-0.4, -0.2) is 23.6 Å². The summed E-state index contributed by atoms with van der Waals surface area (Å²) in [5.74, 6) is 0. The second-order valence-electron chi connectivity index (χ2n) is 6.23. The number of nitrogens with zero attached hydrogens (tertiary/aromatic N) is 3. The maximum atomic E-state index is 4.09. The highest BCUT2D eigenvalue weighted by Gasteiger charge is 2.06. The summed E-state index contributed by atoms with van der Waals surface area (Å²) in [6, 6.07) is 17.5. The van der Waals surface area contributed by atoms with Crippen molar-refractivity contribution in [1.82, 2.24) is 14.9 Å². The molecule has 0 radical (unpaired) electrons. The zero-order valence-electron chi connectivity index (χ0n) is 14.5. The van der Waals surface area contributed by atoms with Crippen LogP contribution in [0.5, 0.6) is 0 Å². The zero-order valence-corrected chi connectivity index (χ0v) is 14.5. The molecule has 1 heterocycles. The third-order valence-corrected chi connectivity index (χ3v) is 4.23. The summed E-state index contributed by atoms with van der Waals surface area (Å²) in [4.78, 5) is 6.21. The van der Waals surface area contributed by atoms with E-state index < -0.39 is 0 Å². The molecule has 2 aromatic carbocycles. The Morgan fingerprint density at radius 1 is 1.12 bits per heavy atom. The quantitative estimate of drug-likeness (QED) is 0.750. The molecule has 0 amide bonds. The summed E-state index contributed by atoms with van der Waals surface area (Å²) in [6.07, 6.45) is 5.56. The summed E-state index contributed by atoms with van der Waals surface area (Å²) in [5, 5.41) is 3.60. The van der Waals surface area contributed by atoms with Crippen molar-refractivity contribution in [3.05, 3.63) is 78.4 Å². The Kier molecular flexibility index (Phi) is 4.96. The number of hydrogen-bond donors (Lipinski definition) is 1. The Morgan fingerprint density at radius 3 is 2.58 bits per heavy atom. The van der Waals surface area contributed by atoms with E-state index in [2.05, 4.69) is 84.8 Å². The molecule has 3 rings (SSSR count). The first-order valence-corrected chi connectivity index (χ1v) is 8.21. The van der Waals surface area contributed by atoms with Gasteiger partial charge in [0.1, 0.15) is 0 Å². The Hall–Kier alpha value is -2.59. The lowest BCUT2D eigenvalue weighted by Crippen LogP contribution is -2.18. The molecule has 24 heavy (non-hydrogen) atoms. The van der Waals surface area contributed by atoms with E-state index in [9.17, 15) is 0 Å². The first kappa shape index (κ1) is 16.3. The lowest BCUT2D eigenvalue weighted by Gasteiger charge is -2.17.